The highest BCUT2D eigenvalue weighted by Gasteiger charge is 2.04. The number of hydrogen-bond acceptors (Lipinski definition) is 4. The molecule has 0 saturated carbocycles. The molecule has 1 N–H and O–H groups in total. The normalized spacial score (nSPS) is 10.6. The van der Waals surface area contributed by atoms with Gasteiger partial charge in [-0.1, -0.05) is 0 Å². The second-order valence-corrected chi connectivity index (χ2v) is 4.19. The Labute approximate surface area is 97.0 Å². The fraction of sp³-hybridized carbons (Fsp3) is 0.273. The van der Waals surface area contributed by atoms with E-state index in [9.17, 15) is 4.79 Å². The highest BCUT2D eigenvalue weighted by atomic mass is 32.2. The molecule has 0 aliphatic rings. The molecule has 2 rings (SSSR count). The molecule has 84 valence electrons. The zero-order valence-electron chi connectivity index (χ0n) is 9.11. The third-order valence-electron chi connectivity index (χ3n) is 2.24. The van der Waals surface area contributed by atoms with Crippen LogP contribution in [0.25, 0.3) is 10.9 Å². The Bertz CT molecular complexity index is 565. The van der Waals surface area contributed by atoms with E-state index >= 15 is 0 Å². The monoisotopic (exact) mass is 236 g/mol. The summed E-state index contributed by atoms with van der Waals surface area (Å²) < 4.78 is 5.07. The minimum atomic E-state index is -0.118. The number of nitrogens with one attached hydrogen (secondary N) is 1. The SMILES string of the molecule is COc1ccc2nc(CSC)[nH]c(=O)c2c1. The average molecular weight is 236 g/mol. The zero-order valence-corrected chi connectivity index (χ0v) is 9.93. The van der Waals surface area contributed by atoms with Crippen LogP contribution in [0.3, 0.4) is 0 Å². The van der Waals surface area contributed by atoms with Gasteiger partial charge in [0.1, 0.15) is 11.6 Å². The number of ether oxygens (including phenoxy) is 1. The van der Waals surface area contributed by atoms with E-state index in [1.807, 2.05) is 6.26 Å². The molecule has 0 spiro atoms. The first-order chi connectivity index (χ1) is 7.74. The van der Waals surface area contributed by atoms with Crippen LogP contribution in [0.5, 0.6) is 5.75 Å². The maximum atomic E-state index is 11.8. The minimum absolute atomic E-state index is 0.118. The molecular formula is C11H12N2O2S. The van der Waals surface area contributed by atoms with E-state index in [0.29, 0.717) is 28.2 Å². The number of benzene rings is 1. The quantitative estimate of drug-likeness (QED) is 0.882. The van der Waals surface area contributed by atoms with Gasteiger partial charge in [0.2, 0.25) is 0 Å². The Morgan fingerprint density at radius 2 is 2.31 bits per heavy atom. The van der Waals surface area contributed by atoms with E-state index in [2.05, 4.69) is 9.97 Å². The Kier molecular flexibility index (Phi) is 3.14. The van der Waals surface area contributed by atoms with Gasteiger partial charge in [0.05, 0.1) is 23.8 Å². The van der Waals surface area contributed by atoms with E-state index in [0.717, 1.165) is 0 Å². The summed E-state index contributed by atoms with van der Waals surface area (Å²) in [5.74, 6) is 2.07. The molecule has 0 fully saturated rings. The molecular weight excluding hydrogens is 224 g/mol. The number of fused-ring (bicyclic) bond motifs is 1. The third-order valence-corrected chi connectivity index (χ3v) is 2.80. The highest BCUT2D eigenvalue weighted by molar-refractivity contribution is 7.97. The lowest BCUT2D eigenvalue weighted by atomic mass is 10.2. The molecule has 4 nitrogen and oxygen atoms in total. The second-order valence-electron chi connectivity index (χ2n) is 3.33. The van der Waals surface area contributed by atoms with Crippen LogP contribution in [-0.4, -0.2) is 23.3 Å². The van der Waals surface area contributed by atoms with Crippen LogP contribution < -0.4 is 10.3 Å². The van der Waals surface area contributed by atoms with E-state index < -0.39 is 0 Å². The van der Waals surface area contributed by atoms with Gasteiger partial charge in [0, 0.05) is 0 Å². The van der Waals surface area contributed by atoms with Crippen LogP contribution in [0.2, 0.25) is 0 Å². The van der Waals surface area contributed by atoms with Crippen molar-refractivity contribution in [3.63, 3.8) is 0 Å². The van der Waals surface area contributed by atoms with Gasteiger partial charge in [0.25, 0.3) is 5.56 Å². The van der Waals surface area contributed by atoms with Crippen molar-refractivity contribution in [3.8, 4) is 5.75 Å². The summed E-state index contributed by atoms with van der Waals surface area (Å²) in [6.45, 7) is 0. The van der Waals surface area contributed by atoms with Crippen molar-refractivity contribution in [2.75, 3.05) is 13.4 Å². The Morgan fingerprint density at radius 3 is 3.00 bits per heavy atom. The Morgan fingerprint density at radius 1 is 1.50 bits per heavy atom. The molecule has 0 bridgehead atoms. The summed E-state index contributed by atoms with van der Waals surface area (Å²) in [5.41, 5.74) is 0.585. The summed E-state index contributed by atoms with van der Waals surface area (Å²) in [6, 6.07) is 5.30. The van der Waals surface area contributed by atoms with Gasteiger partial charge in [-0.25, -0.2) is 4.98 Å². The van der Waals surface area contributed by atoms with Crippen molar-refractivity contribution in [2.45, 2.75) is 5.75 Å². The van der Waals surface area contributed by atoms with Crippen LogP contribution in [-0.2, 0) is 5.75 Å². The molecule has 1 aromatic carbocycles. The van der Waals surface area contributed by atoms with Crippen molar-refractivity contribution in [1.82, 2.24) is 9.97 Å². The van der Waals surface area contributed by atoms with Gasteiger partial charge in [0.15, 0.2) is 0 Å². The zero-order chi connectivity index (χ0) is 11.5. The van der Waals surface area contributed by atoms with Crippen LogP contribution >= 0.6 is 11.8 Å². The number of aromatic nitrogens is 2. The number of H-pyrrole nitrogens is 1. The van der Waals surface area contributed by atoms with Crippen molar-refractivity contribution >= 4 is 22.7 Å². The topological polar surface area (TPSA) is 55.0 Å². The number of hydrogen-bond donors (Lipinski definition) is 1. The van der Waals surface area contributed by atoms with Gasteiger partial charge in [-0.2, -0.15) is 11.8 Å². The number of nitrogens with zero attached hydrogens (tertiary/aromatic N) is 1. The third kappa shape index (κ3) is 2.04. The molecule has 1 heterocycles. The smallest absolute Gasteiger partial charge is 0.258 e. The van der Waals surface area contributed by atoms with Crippen LogP contribution in [0, 0.1) is 0 Å². The summed E-state index contributed by atoms with van der Waals surface area (Å²) in [4.78, 5) is 18.9. The van der Waals surface area contributed by atoms with E-state index in [4.69, 9.17) is 4.74 Å². The lowest BCUT2D eigenvalue weighted by Gasteiger charge is -2.03. The van der Waals surface area contributed by atoms with Crippen molar-refractivity contribution < 1.29 is 4.74 Å². The molecule has 1 aromatic heterocycles. The first kappa shape index (κ1) is 11.0. The lowest BCUT2D eigenvalue weighted by molar-refractivity contribution is 0.415. The maximum absolute atomic E-state index is 11.8. The molecule has 0 amide bonds. The fourth-order valence-electron chi connectivity index (χ4n) is 1.50. The van der Waals surface area contributed by atoms with Gasteiger partial charge in [-0.15, -0.1) is 0 Å². The van der Waals surface area contributed by atoms with Crippen molar-refractivity contribution in [3.05, 3.63) is 34.4 Å². The number of methoxy groups -OCH3 is 1. The molecule has 0 radical (unpaired) electrons. The van der Waals surface area contributed by atoms with Crippen molar-refractivity contribution in [1.29, 1.82) is 0 Å². The van der Waals surface area contributed by atoms with Gasteiger partial charge >= 0.3 is 0 Å². The van der Waals surface area contributed by atoms with Crippen LogP contribution in [0.1, 0.15) is 5.82 Å². The number of thioether (sulfide) groups is 1. The summed E-state index contributed by atoms with van der Waals surface area (Å²) in [6.07, 6.45) is 1.97. The Balaban J connectivity index is 2.62. The van der Waals surface area contributed by atoms with Crippen LogP contribution in [0.4, 0.5) is 0 Å². The van der Waals surface area contributed by atoms with Crippen molar-refractivity contribution in [2.24, 2.45) is 0 Å². The summed E-state index contributed by atoms with van der Waals surface area (Å²) >= 11 is 1.62. The minimum Gasteiger partial charge on any atom is -0.497 e. The Hall–Kier alpha value is -1.49. The first-order valence-electron chi connectivity index (χ1n) is 4.80. The average Bonchev–Trinajstić information content (AvgIpc) is 2.29. The summed E-state index contributed by atoms with van der Waals surface area (Å²) in [5, 5.41) is 0.559. The maximum Gasteiger partial charge on any atom is 0.258 e. The fourth-order valence-corrected chi connectivity index (χ4v) is 1.91. The molecule has 0 aliphatic carbocycles. The van der Waals surface area contributed by atoms with Crippen LogP contribution in [0.15, 0.2) is 23.0 Å². The van der Waals surface area contributed by atoms with E-state index in [1.54, 1.807) is 37.1 Å². The molecule has 2 aromatic rings. The van der Waals surface area contributed by atoms with Gasteiger partial charge < -0.3 is 9.72 Å². The molecule has 16 heavy (non-hydrogen) atoms. The molecule has 5 heteroatoms. The highest BCUT2D eigenvalue weighted by Crippen LogP contribution is 2.16. The summed E-state index contributed by atoms with van der Waals surface area (Å²) in [7, 11) is 1.57. The number of aromatic amines is 1. The first-order valence-corrected chi connectivity index (χ1v) is 6.20. The molecule has 0 unspecified atom stereocenters. The van der Waals surface area contributed by atoms with Gasteiger partial charge in [-0.05, 0) is 24.5 Å². The standard InChI is InChI=1S/C11H12N2O2S/c1-15-7-3-4-9-8(5-7)11(14)13-10(12-9)6-16-2/h3-5H,6H2,1-2H3,(H,12,13,14). The number of rotatable bonds is 3. The molecule has 0 atom stereocenters. The second kappa shape index (κ2) is 4.57. The van der Waals surface area contributed by atoms with Gasteiger partial charge in [-0.3, -0.25) is 4.79 Å². The predicted octanol–water partition coefficient (Wildman–Crippen LogP) is 1.79. The predicted molar refractivity (Wildman–Crippen MR) is 66.1 cm³/mol. The lowest BCUT2D eigenvalue weighted by Crippen LogP contribution is -2.11. The van der Waals surface area contributed by atoms with E-state index in [-0.39, 0.29) is 5.56 Å². The molecule has 0 aliphatic heterocycles. The van der Waals surface area contributed by atoms with E-state index in [1.165, 1.54) is 0 Å². The largest absolute Gasteiger partial charge is 0.497 e. The molecule has 0 saturated heterocycles.